The molecule has 130 valence electrons. The maximum Gasteiger partial charge on any atom is 0.279 e. The molecule has 0 aromatic rings. The normalized spacial score (nSPS) is 28.4. The van der Waals surface area contributed by atoms with E-state index in [0.29, 0.717) is 25.6 Å². The number of ether oxygens (including phenoxy) is 1. The van der Waals surface area contributed by atoms with Crippen LogP contribution < -0.4 is 4.72 Å². The van der Waals surface area contributed by atoms with Crippen LogP contribution in [-0.2, 0) is 14.9 Å². The number of nitrogens with zero attached hydrogens (tertiary/aromatic N) is 2. The molecule has 0 bridgehead atoms. The Kier molecular flexibility index (Phi) is 6.24. The molecule has 7 heteroatoms. The van der Waals surface area contributed by atoms with Gasteiger partial charge < -0.3 is 4.74 Å². The average Bonchev–Trinajstić information content (AvgIpc) is 2.53. The van der Waals surface area contributed by atoms with Crippen LogP contribution in [0, 0.1) is 5.92 Å². The van der Waals surface area contributed by atoms with Crippen LogP contribution in [0.4, 0.5) is 0 Å². The van der Waals surface area contributed by atoms with Gasteiger partial charge in [-0.2, -0.15) is 12.7 Å². The molecule has 0 amide bonds. The third kappa shape index (κ3) is 4.41. The molecule has 2 saturated heterocycles. The molecule has 2 aliphatic heterocycles. The highest BCUT2D eigenvalue weighted by Gasteiger charge is 2.34. The fourth-order valence-electron chi connectivity index (χ4n) is 3.27. The second kappa shape index (κ2) is 7.57. The molecule has 6 nitrogen and oxygen atoms in total. The van der Waals surface area contributed by atoms with Crippen LogP contribution >= 0.6 is 0 Å². The fraction of sp³-hybridized carbons (Fsp3) is 1.00. The first-order chi connectivity index (χ1) is 10.4. The van der Waals surface area contributed by atoms with E-state index in [0.717, 1.165) is 45.6 Å². The maximum absolute atomic E-state index is 12.5. The summed E-state index contributed by atoms with van der Waals surface area (Å²) in [5.74, 6) is 0.446. The number of rotatable bonds is 6. The molecule has 0 unspecified atom stereocenters. The monoisotopic (exact) mass is 333 g/mol. The Morgan fingerprint density at radius 1 is 1.27 bits per heavy atom. The van der Waals surface area contributed by atoms with Crippen molar-refractivity contribution in [2.24, 2.45) is 5.92 Å². The number of morpholine rings is 1. The van der Waals surface area contributed by atoms with Gasteiger partial charge in [0.1, 0.15) is 0 Å². The zero-order valence-corrected chi connectivity index (χ0v) is 15.0. The van der Waals surface area contributed by atoms with Crippen molar-refractivity contribution in [3.8, 4) is 0 Å². The first-order valence-corrected chi connectivity index (χ1v) is 9.89. The van der Waals surface area contributed by atoms with Crippen LogP contribution in [0.1, 0.15) is 40.0 Å². The molecule has 0 saturated carbocycles. The summed E-state index contributed by atoms with van der Waals surface area (Å²) in [7, 11) is -3.37. The van der Waals surface area contributed by atoms with E-state index in [1.165, 1.54) is 0 Å². The first-order valence-electron chi connectivity index (χ1n) is 8.45. The maximum atomic E-state index is 12.5. The van der Waals surface area contributed by atoms with Gasteiger partial charge in [0.15, 0.2) is 0 Å². The van der Waals surface area contributed by atoms with E-state index >= 15 is 0 Å². The van der Waals surface area contributed by atoms with Gasteiger partial charge in [-0.25, -0.2) is 4.72 Å². The van der Waals surface area contributed by atoms with Crippen molar-refractivity contribution in [2.75, 3.05) is 45.9 Å². The largest absolute Gasteiger partial charge is 0.379 e. The predicted octanol–water partition coefficient (Wildman–Crippen LogP) is 1.05. The topological polar surface area (TPSA) is 61.9 Å². The molecule has 2 aliphatic rings. The summed E-state index contributed by atoms with van der Waals surface area (Å²) < 4.78 is 35.0. The van der Waals surface area contributed by atoms with Crippen molar-refractivity contribution in [3.05, 3.63) is 0 Å². The van der Waals surface area contributed by atoms with Crippen LogP contribution in [0.15, 0.2) is 0 Å². The van der Waals surface area contributed by atoms with E-state index in [9.17, 15) is 8.42 Å². The lowest BCUT2D eigenvalue weighted by Crippen LogP contribution is -2.58. The third-order valence-electron chi connectivity index (χ3n) is 5.13. The summed E-state index contributed by atoms with van der Waals surface area (Å²) in [4.78, 5) is 2.35. The average molecular weight is 333 g/mol. The Morgan fingerprint density at radius 2 is 1.95 bits per heavy atom. The molecule has 0 radical (unpaired) electrons. The van der Waals surface area contributed by atoms with Gasteiger partial charge in [-0.3, -0.25) is 4.90 Å². The first kappa shape index (κ1) is 18.1. The minimum atomic E-state index is -3.37. The van der Waals surface area contributed by atoms with Crippen LogP contribution in [0.5, 0.6) is 0 Å². The number of hydrogen-bond donors (Lipinski definition) is 1. The summed E-state index contributed by atoms with van der Waals surface area (Å²) in [6.07, 6.45) is 2.98. The summed E-state index contributed by atoms with van der Waals surface area (Å²) in [5, 5.41) is 0. The van der Waals surface area contributed by atoms with Crippen molar-refractivity contribution in [2.45, 2.75) is 45.6 Å². The fourth-order valence-corrected chi connectivity index (χ4v) is 4.76. The minimum Gasteiger partial charge on any atom is -0.379 e. The van der Waals surface area contributed by atoms with Crippen molar-refractivity contribution in [3.63, 3.8) is 0 Å². The molecule has 2 heterocycles. The summed E-state index contributed by atoms with van der Waals surface area (Å²) in [6.45, 7) is 11.3. The van der Waals surface area contributed by atoms with Gasteiger partial charge >= 0.3 is 0 Å². The summed E-state index contributed by atoms with van der Waals surface area (Å²) in [5.41, 5.74) is -0.155. The minimum absolute atomic E-state index is 0.155. The van der Waals surface area contributed by atoms with Gasteiger partial charge in [-0.05, 0) is 32.1 Å². The Morgan fingerprint density at radius 3 is 2.55 bits per heavy atom. The highest BCUT2D eigenvalue weighted by Crippen LogP contribution is 2.22. The third-order valence-corrected chi connectivity index (χ3v) is 6.65. The SMILES string of the molecule is CC[C@](C)(CNS(=O)(=O)N1CCC[C@@H](C)C1)N1CCOCC1. The highest BCUT2D eigenvalue weighted by atomic mass is 32.2. The lowest BCUT2D eigenvalue weighted by Gasteiger charge is -2.43. The van der Waals surface area contributed by atoms with Crippen molar-refractivity contribution < 1.29 is 13.2 Å². The van der Waals surface area contributed by atoms with E-state index in [1.54, 1.807) is 4.31 Å². The highest BCUT2D eigenvalue weighted by molar-refractivity contribution is 7.87. The molecular formula is C15H31N3O3S. The van der Waals surface area contributed by atoms with Gasteiger partial charge in [-0.1, -0.05) is 13.8 Å². The van der Waals surface area contributed by atoms with Gasteiger partial charge in [0.05, 0.1) is 13.2 Å². The lowest BCUT2D eigenvalue weighted by atomic mass is 9.96. The van der Waals surface area contributed by atoms with E-state index in [4.69, 9.17) is 4.74 Å². The molecule has 1 N–H and O–H groups in total. The molecule has 0 aliphatic carbocycles. The van der Waals surface area contributed by atoms with Crippen LogP contribution in [0.25, 0.3) is 0 Å². The van der Waals surface area contributed by atoms with Crippen LogP contribution in [0.3, 0.4) is 0 Å². The van der Waals surface area contributed by atoms with Gasteiger partial charge in [0.25, 0.3) is 10.2 Å². The Bertz CT molecular complexity index is 451. The zero-order valence-electron chi connectivity index (χ0n) is 14.2. The van der Waals surface area contributed by atoms with E-state index in [2.05, 4.69) is 30.4 Å². The zero-order chi connectivity index (χ0) is 16.2. The predicted molar refractivity (Wildman–Crippen MR) is 88.0 cm³/mol. The van der Waals surface area contributed by atoms with Gasteiger partial charge in [-0.15, -0.1) is 0 Å². The quantitative estimate of drug-likeness (QED) is 0.789. The summed E-state index contributed by atoms with van der Waals surface area (Å²) in [6, 6.07) is 0. The Labute approximate surface area is 135 Å². The van der Waals surface area contributed by atoms with Crippen LogP contribution in [-0.4, -0.2) is 69.1 Å². The van der Waals surface area contributed by atoms with Gasteiger partial charge in [0.2, 0.25) is 0 Å². The Hall–Kier alpha value is -0.210. The molecule has 0 aromatic heterocycles. The van der Waals surface area contributed by atoms with Crippen molar-refractivity contribution in [1.29, 1.82) is 0 Å². The lowest BCUT2D eigenvalue weighted by molar-refractivity contribution is -0.0158. The molecule has 2 atom stereocenters. The molecule has 0 spiro atoms. The number of nitrogens with one attached hydrogen (secondary N) is 1. The standard InChI is InChI=1S/C15H31N3O3S/c1-4-15(3,17-8-10-21-11-9-17)13-16-22(19,20)18-7-5-6-14(2)12-18/h14,16H,4-13H2,1-3H3/t14-,15-/m1/s1. The van der Waals surface area contributed by atoms with Gasteiger partial charge in [0, 0.05) is 38.3 Å². The molecular weight excluding hydrogens is 302 g/mol. The molecule has 2 fully saturated rings. The van der Waals surface area contributed by atoms with E-state index < -0.39 is 10.2 Å². The Balaban J connectivity index is 1.96. The van der Waals surface area contributed by atoms with E-state index in [-0.39, 0.29) is 5.54 Å². The molecule has 22 heavy (non-hydrogen) atoms. The number of piperidine rings is 1. The molecule has 2 rings (SSSR count). The van der Waals surface area contributed by atoms with E-state index in [1.807, 2.05) is 0 Å². The molecule has 0 aromatic carbocycles. The summed E-state index contributed by atoms with van der Waals surface area (Å²) >= 11 is 0. The second-order valence-corrected chi connectivity index (χ2v) is 8.64. The van der Waals surface area contributed by atoms with Crippen molar-refractivity contribution in [1.82, 2.24) is 13.9 Å². The number of hydrogen-bond acceptors (Lipinski definition) is 4. The van der Waals surface area contributed by atoms with Crippen molar-refractivity contribution >= 4 is 10.2 Å². The smallest absolute Gasteiger partial charge is 0.279 e. The van der Waals surface area contributed by atoms with Crippen LogP contribution in [0.2, 0.25) is 0 Å². The second-order valence-electron chi connectivity index (χ2n) is 6.88.